The maximum atomic E-state index is 12.5. The van der Waals surface area contributed by atoms with Crippen molar-refractivity contribution < 1.29 is 13.2 Å². The van der Waals surface area contributed by atoms with Gasteiger partial charge in [0.2, 0.25) is 0 Å². The lowest BCUT2D eigenvalue weighted by Gasteiger charge is -2.14. The zero-order valence-corrected chi connectivity index (χ0v) is 15.9. The van der Waals surface area contributed by atoms with Gasteiger partial charge < -0.3 is 10.1 Å². The first kappa shape index (κ1) is 19.1. The standard InChI is InChI=1S/C19H26N2O3S/c1-5-15(4)20-16-6-8-17(9-7-16)21-25(22,23)19-12-10-18(11-13-19)24-14(2)3/h6-15,20-21H,5H2,1-4H3. The van der Waals surface area contributed by atoms with Gasteiger partial charge >= 0.3 is 0 Å². The second-order valence-electron chi connectivity index (χ2n) is 6.27. The molecule has 0 aliphatic heterocycles. The maximum Gasteiger partial charge on any atom is 0.261 e. The molecule has 2 N–H and O–H groups in total. The third-order valence-corrected chi connectivity index (χ3v) is 5.07. The second-order valence-corrected chi connectivity index (χ2v) is 7.96. The second kappa shape index (κ2) is 8.25. The molecule has 6 heteroatoms. The Morgan fingerprint density at radius 3 is 2.00 bits per heavy atom. The molecule has 0 fully saturated rings. The summed E-state index contributed by atoms with van der Waals surface area (Å²) in [4.78, 5) is 0.199. The highest BCUT2D eigenvalue weighted by Crippen LogP contribution is 2.21. The first-order chi connectivity index (χ1) is 11.8. The lowest BCUT2D eigenvalue weighted by atomic mass is 10.2. The summed E-state index contributed by atoms with van der Waals surface area (Å²) in [7, 11) is -3.63. The molecule has 0 radical (unpaired) electrons. The van der Waals surface area contributed by atoms with Crippen LogP contribution in [0.3, 0.4) is 0 Å². The summed E-state index contributed by atoms with van der Waals surface area (Å²) in [5.41, 5.74) is 1.49. The van der Waals surface area contributed by atoms with E-state index in [0.29, 0.717) is 17.5 Å². The smallest absolute Gasteiger partial charge is 0.261 e. The van der Waals surface area contributed by atoms with Crippen LogP contribution in [-0.2, 0) is 10.0 Å². The molecule has 25 heavy (non-hydrogen) atoms. The Kier molecular flexibility index (Phi) is 6.31. The monoisotopic (exact) mass is 362 g/mol. The molecule has 0 spiro atoms. The lowest BCUT2D eigenvalue weighted by molar-refractivity contribution is 0.242. The SMILES string of the molecule is CCC(C)Nc1ccc(NS(=O)(=O)c2ccc(OC(C)C)cc2)cc1. The molecule has 0 aliphatic rings. The Labute approximate surface area is 150 Å². The fourth-order valence-electron chi connectivity index (χ4n) is 2.20. The van der Waals surface area contributed by atoms with Gasteiger partial charge in [-0.25, -0.2) is 8.42 Å². The Balaban J connectivity index is 2.07. The molecule has 1 unspecified atom stereocenters. The van der Waals surface area contributed by atoms with E-state index >= 15 is 0 Å². The van der Waals surface area contributed by atoms with Crippen molar-refractivity contribution in [2.75, 3.05) is 10.0 Å². The summed E-state index contributed by atoms with van der Waals surface area (Å²) >= 11 is 0. The van der Waals surface area contributed by atoms with Gasteiger partial charge in [0.05, 0.1) is 11.0 Å². The molecule has 0 aromatic heterocycles. The fraction of sp³-hybridized carbons (Fsp3) is 0.368. The van der Waals surface area contributed by atoms with Crippen LogP contribution in [0.4, 0.5) is 11.4 Å². The first-order valence-electron chi connectivity index (χ1n) is 8.46. The maximum absolute atomic E-state index is 12.5. The zero-order valence-electron chi connectivity index (χ0n) is 15.1. The van der Waals surface area contributed by atoms with Crippen LogP contribution in [0.15, 0.2) is 53.4 Å². The van der Waals surface area contributed by atoms with Gasteiger partial charge in [0.15, 0.2) is 0 Å². The van der Waals surface area contributed by atoms with Crippen LogP contribution >= 0.6 is 0 Å². The molecule has 2 aromatic rings. The number of hydrogen-bond donors (Lipinski definition) is 2. The van der Waals surface area contributed by atoms with Gasteiger partial charge in [0, 0.05) is 17.4 Å². The van der Waals surface area contributed by atoms with E-state index in [1.54, 1.807) is 36.4 Å². The Hall–Kier alpha value is -2.21. The van der Waals surface area contributed by atoms with E-state index in [-0.39, 0.29) is 11.0 Å². The summed E-state index contributed by atoms with van der Waals surface area (Å²) in [6.45, 7) is 8.05. The number of nitrogens with one attached hydrogen (secondary N) is 2. The van der Waals surface area contributed by atoms with Crippen LogP contribution in [0.1, 0.15) is 34.1 Å². The molecule has 0 amide bonds. The Morgan fingerprint density at radius 1 is 0.920 bits per heavy atom. The highest BCUT2D eigenvalue weighted by atomic mass is 32.2. The Bertz CT molecular complexity index is 769. The van der Waals surface area contributed by atoms with E-state index in [1.165, 1.54) is 0 Å². The van der Waals surface area contributed by atoms with Crippen LogP contribution in [0.2, 0.25) is 0 Å². The van der Waals surface area contributed by atoms with Gasteiger partial charge in [-0.1, -0.05) is 6.92 Å². The van der Waals surface area contributed by atoms with E-state index in [9.17, 15) is 8.42 Å². The molecule has 0 aliphatic carbocycles. The average molecular weight is 362 g/mol. The van der Waals surface area contributed by atoms with E-state index in [1.807, 2.05) is 26.0 Å². The van der Waals surface area contributed by atoms with Crippen molar-refractivity contribution in [2.45, 2.75) is 51.2 Å². The highest BCUT2D eigenvalue weighted by Gasteiger charge is 2.14. The zero-order chi connectivity index (χ0) is 18.4. The lowest BCUT2D eigenvalue weighted by Crippen LogP contribution is -2.14. The summed E-state index contributed by atoms with van der Waals surface area (Å²) < 4.78 is 33.1. The molecular weight excluding hydrogens is 336 g/mol. The minimum Gasteiger partial charge on any atom is -0.491 e. The summed E-state index contributed by atoms with van der Waals surface area (Å²) in [6.07, 6.45) is 1.06. The van der Waals surface area contributed by atoms with Crippen molar-refractivity contribution in [1.82, 2.24) is 0 Å². The summed E-state index contributed by atoms with van der Waals surface area (Å²) in [5, 5.41) is 3.34. The van der Waals surface area contributed by atoms with E-state index in [2.05, 4.69) is 23.9 Å². The van der Waals surface area contributed by atoms with E-state index in [4.69, 9.17) is 4.74 Å². The van der Waals surface area contributed by atoms with Crippen molar-refractivity contribution >= 4 is 21.4 Å². The average Bonchev–Trinajstić information content (AvgIpc) is 2.56. The minimum atomic E-state index is -3.63. The topological polar surface area (TPSA) is 67.4 Å². The number of rotatable bonds is 8. The number of anilines is 2. The van der Waals surface area contributed by atoms with Gasteiger partial charge in [0.1, 0.15) is 5.75 Å². The first-order valence-corrected chi connectivity index (χ1v) is 9.94. The summed E-state index contributed by atoms with van der Waals surface area (Å²) in [5.74, 6) is 0.648. The molecule has 2 rings (SSSR count). The normalized spacial score (nSPS) is 12.7. The van der Waals surface area contributed by atoms with Gasteiger partial charge in [-0.05, 0) is 75.7 Å². The molecular formula is C19H26N2O3S. The molecule has 1 atom stereocenters. The van der Waals surface area contributed by atoms with Crippen molar-refractivity contribution in [2.24, 2.45) is 0 Å². The highest BCUT2D eigenvalue weighted by molar-refractivity contribution is 7.92. The number of hydrogen-bond acceptors (Lipinski definition) is 4. The van der Waals surface area contributed by atoms with Crippen molar-refractivity contribution in [3.05, 3.63) is 48.5 Å². The van der Waals surface area contributed by atoms with Crippen LogP contribution in [0, 0.1) is 0 Å². The number of ether oxygens (including phenoxy) is 1. The Morgan fingerprint density at radius 2 is 1.48 bits per heavy atom. The predicted octanol–water partition coefficient (Wildman–Crippen LogP) is 4.49. The van der Waals surface area contributed by atoms with Crippen LogP contribution in [-0.4, -0.2) is 20.6 Å². The van der Waals surface area contributed by atoms with Crippen LogP contribution < -0.4 is 14.8 Å². The molecule has 0 heterocycles. The molecule has 0 saturated carbocycles. The number of benzene rings is 2. The quantitative estimate of drug-likeness (QED) is 0.726. The van der Waals surface area contributed by atoms with Gasteiger partial charge in [-0.2, -0.15) is 0 Å². The van der Waals surface area contributed by atoms with E-state index in [0.717, 1.165) is 12.1 Å². The van der Waals surface area contributed by atoms with Crippen LogP contribution in [0.5, 0.6) is 5.75 Å². The minimum absolute atomic E-state index is 0.0446. The number of sulfonamides is 1. The third-order valence-electron chi connectivity index (χ3n) is 3.67. The van der Waals surface area contributed by atoms with Gasteiger partial charge in [-0.3, -0.25) is 4.72 Å². The van der Waals surface area contributed by atoms with Crippen molar-refractivity contribution in [1.29, 1.82) is 0 Å². The molecule has 0 saturated heterocycles. The third kappa shape index (κ3) is 5.67. The van der Waals surface area contributed by atoms with E-state index < -0.39 is 10.0 Å². The van der Waals surface area contributed by atoms with Crippen molar-refractivity contribution in [3.63, 3.8) is 0 Å². The predicted molar refractivity (Wildman–Crippen MR) is 103 cm³/mol. The molecule has 136 valence electrons. The van der Waals surface area contributed by atoms with Crippen LogP contribution in [0.25, 0.3) is 0 Å². The summed E-state index contributed by atoms with van der Waals surface area (Å²) in [6, 6.07) is 14.0. The molecule has 0 bridgehead atoms. The van der Waals surface area contributed by atoms with Gasteiger partial charge in [0.25, 0.3) is 10.0 Å². The molecule has 2 aromatic carbocycles. The van der Waals surface area contributed by atoms with Crippen molar-refractivity contribution in [3.8, 4) is 5.75 Å². The largest absolute Gasteiger partial charge is 0.491 e. The van der Waals surface area contributed by atoms with Gasteiger partial charge in [-0.15, -0.1) is 0 Å². The fourth-order valence-corrected chi connectivity index (χ4v) is 3.26. The molecule has 5 nitrogen and oxygen atoms in total.